The number of nitrogens with one attached hydrogen (secondary N) is 2. The molecule has 2 aromatic carbocycles. The van der Waals surface area contributed by atoms with Gasteiger partial charge in [0, 0.05) is 60.6 Å². The number of anilines is 1. The maximum absolute atomic E-state index is 13.7. The predicted molar refractivity (Wildman–Crippen MR) is 155 cm³/mol. The molecule has 2 saturated heterocycles. The van der Waals surface area contributed by atoms with Gasteiger partial charge in [-0.3, -0.25) is 4.79 Å². The summed E-state index contributed by atoms with van der Waals surface area (Å²) in [4.78, 5) is 38.3. The van der Waals surface area contributed by atoms with E-state index in [1.807, 2.05) is 53.6 Å². The van der Waals surface area contributed by atoms with Gasteiger partial charge in [-0.05, 0) is 42.2 Å². The molecule has 3 amide bonds. The summed E-state index contributed by atoms with van der Waals surface area (Å²) in [5.74, 6) is 1.16. The minimum absolute atomic E-state index is 0.0751. The quantitative estimate of drug-likeness (QED) is 0.361. The Hall–Kier alpha value is -4.37. The maximum Gasteiger partial charge on any atom is 0.322 e. The van der Waals surface area contributed by atoms with E-state index in [4.69, 9.17) is 9.47 Å². The number of aromatic amines is 1. The van der Waals surface area contributed by atoms with Crippen molar-refractivity contribution in [3.05, 3.63) is 66.5 Å². The van der Waals surface area contributed by atoms with E-state index in [1.54, 1.807) is 18.2 Å². The Bertz CT molecular complexity index is 1560. The number of rotatable bonds is 5. The summed E-state index contributed by atoms with van der Waals surface area (Å²) in [6.07, 6.45) is 4.71. The van der Waals surface area contributed by atoms with Crippen LogP contribution in [0.1, 0.15) is 23.7 Å². The van der Waals surface area contributed by atoms with E-state index in [0.717, 1.165) is 45.5 Å². The first-order valence-electron chi connectivity index (χ1n) is 13.7. The van der Waals surface area contributed by atoms with Crippen LogP contribution in [0.25, 0.3) is 33.3 Å². The number of urea groups is 1. The first kappa shape index (κ1) is 25.9. The second-order valence-corrected chi connectivity index (χ2v) is 10.5. The fourth-order valence-electron chi connectivity index (χ4n) is 5.51. The topological polar surface area (TPSA) is 99.8 Å². The zero-order valence-electron chi connectivity index (χ0n) is 22.8. The first-order valence-corrected chi connectivity index (χ1v) is 13.7. The molecule has 206 valence electrons. The number of ether oxygens (including phenoxy) is 2. The SMILES string of the molecule is COc1ccccc1-c1c[nH]c2ncc(-c3ccc(NC(=O)N4CCOCC4)c(C(=O)N4CCC(C)C4)c3)cc12. The molecular weight excluding hydrogens is 506 g/mol. The summed E-state index contributed by atoms with van der Waals surface area (Å²) >= 11 is 0. The van der Waals surface area contributed by atoms with E-state index in [2.05, 4.69) is 28.3 Å². The molecule has 1 unspecified atom stereocenters. The number of carbonyl (C=O) groups excluding carboxylic acids is 2. The molecule has 6 rings (SSSR count). The van der Waals surface area contributed by atoms with E-state index in [0.29, 0.717) is 56.6 Å². The van der Waals surface area contributed by atoms with Crippen LogP contribution in [-0.2, 0) is 4.74 Å². The third-order valence-corrected chi connectivity index (χ3v) is 7.76. The molecule has 2 N–H and O–H groups in total. The number of amides is 3. The summed E-state index contributed by atoms with van der Waals surface area (Å²) < 4.78 is 11.0. The van der Waals surface area contributed by atoms with E-state index in [1.165, 1.54) is 0 Å². The Kier molecular flexibility index (Phi) is 7.13. The number of likely N-dealkylation sites (tertiary alicyclic amines) is 1. The number of morpholine rings is 1. The van der Waals surface area contributed by atoms with Crippen LogP contribution in [0.4, 0.5) is 10.5 Å². The van der Waals surface area contributed by atoms with Gasteiger partial charge in [0.05, 0.1) is 31.6 Å². The Morgan fingerprint density at radius 2 is 1.85 bits per heavy atom. The van der Waals surface area contributed by atoms with Crippen molar-refractivity contribution in [1.29, 1.82) is 0 Å². The summed E-state index contributed by atoms with van der Waals surface area (Å²) in [7, 11) is 1.66. The van der Waals surface area contributed by atoms with Crippen LogP contribution in [0.5, 0.6) is 5.75 Å². The van der Waals surface area contributed by atoms with Crippen molar-refractivity contribution < 1.29 is 19.1 Å². The molecule has 0 aliphatic carbocycles. The largest absolute Gasteiger partial charge is 0.496 e. The highest BCUT2D eigenvalue weighted by Crippen LogP contribution is 2.36. The maximum atomic E-state index is 13.7. The van der Waals surface area contributed by atoms with Crippen molar-refractivity contribution in [3.8, 4) is 28.0 Å². The number of nitrogens with zero attached hydrogens (tertiary/aromatic N) is 3. The zero-order chi connectivity index (χ0) is 27.6. The summed E-state index contributed by atoms with van der Waals surface area (Å²) in [6.45, 7) is 5.63. The van der Waals surface area contributed by atoms with Gasteiger partial charge in [0.25, 0.3) is 5.91 Å². The average molecular weight is 540 g/mol. The molecule has 0 saturated carbocycles. The highest BCUT2D eigenvalue weighted by atomic mass is 16.5. The molecule has 40 heavy (non-hydrogen) atoms. The summed E-state index contributed by atoms with van der Waals surface area (Å²) in [5, 5.41) is 3.94. The Balaban J connectivity index is 1.38. The van der Waals surface area contributed by atoms with Crippen molar-refractivity contribution in [2.45, 2.75) is 13.3 Å². The number of fused-ring (bicyclic) bond motifs is 1. The number of para-hydroxylation sites is 1. The lowest BCUT2D eigenvalue weighted by atomic mass is 9.99. The van der Waals surface area contributed by atoms with Gasteiger partial charge in [0.15, 0.2) is 0 Å². The van der Waals surface area contributed by atoms with Crippen molar-refractivity contribution in [2.24, 2.45) is 5.92 Å². The van der Waals surface area contributed by atoms with Crippen LogP contribution in [0.3, 0.4) is 0 Å². The minimum atomic E-state index is -0.225. The fourth-order valence-corrected chi connectivity index (χ4v) is 5.51. The van der Waals surface area contributed by atoms with Crippen molar-refractivity contribution >= 4 is 28.7 Å². The predicted octanol–water partition coefficient (Wildman–Crippen LogP) is 5.25. The normalized spacial score (nSPS) is 17.3. The van der Waals surface area contributed by atoms with Gasteiger partial charge in [-0.25, -0.2) is 9.78 Å². The summed E-state index contributed by atoms with van der Waals surface area (Å²) in [5.41, 5.74) is 5.43. The van der Waals surface area contributed by atoms with Crippen LogP contribution in [-0.4, -0.2) is 78.2 Å². The average Bonchev–Trinajstić information content (AvgIpc) is 3.63. The molecule has 0 spiro atoms. The molecule has 9 heteroatoms. The molecule has 4 aromatic rings. The molecule has 2 aliphatic rings. The first-order chi connectivity index (χ1) is 19.5. The molecule has 0 bridgehead atoms. The Labute approximate surface area is 233 Å². The van der Waals surface area contributed by atoms with Crippen LogP contribution in [0.2, 0.25) is 0 Å². The zero-order valence-corrected chi connectivity index (χ0v) is 22.8. The van der Waals surface area contributed by atoms with E-state index >= 15 is 0 Å². The van der Waals surface area contributed by atoms with Gasteiger partial charge >= 0.3 is 6.03 Å². The van der Waals surface area contributed by atoms with E-state index in [9.17, 15) is 9.59 Å². The van der Waals surface area contributed by atoms with Gasteiger partial charge < -0.3 is 29.6 Å². The Morgan fingerprint density at radius 3 is 2.62 bits per heavy atom. The second-order valence-electron chi connectivity index (χ2n) is 10.5. The van der Waals surface area contributed by atoms with Crippen LogP contribution in [0, 0.1) is 5.92 Å². The van der Waals surface area contributed by atoms with Gasteiger partial charge in [-0.2, -0.15) is 0 Å². The van der Waals surface area contributed by atoms with Gasteiger partial charge in [-0.15, -0.1) is 0 Å². The number of hydrogen-bond donors (Lipinski definition) is 2. The highest BCUT2D eigenvalue weighted by Gasteiger charge is 2.27. The van der Waals surface area contributed by atoms with Gasteiger partial charge in [0.1, 0.15) is 11.4 Å². The molecule has 0 radical (unpaired) electrons. The van der Waals surface area contributed by atoms with Gasteiger partial charge in [-0.1, -0.05) is 31.2 Å². The number of benzene rings is 2. The molecule has 2 fully saturated rings. The monoisotopic (exact) mass is 539 g/mol. The highest BCUT2D eigenvalue weighted by molar-refractivity contribution is 6.05. The molecular formula is C31H33N5O4. The van der Waals surface area contributed by atoms with Crippen LogP contribution in [0.15, 0.2) is 60.9 Å². The summed E-state index contributed by atoms with van der Waals surface area (Å²) in [6, 6.07) is 15.4. The van der Waals surface area contributed by atoms with E-state index in [-0.39, 0.29) is 11.9 Å². The van der Waals surface area contributed by atoms with Crippen LogP contribution < -0.4 is 10.1 Å². The number of H-pyrrole nitrogens is 1. The number of aromatic nitrogens is 2. The molecule has 2 aliphatic heterocycles. The second kappa shape index (κ2) is 11.0. The number of methoxy groups -OCH3 is 1. The van der Waals surface area contributed by atoms with Crippen LogP contribution >= 0.6 is 0 Å². The number of carbonyl (C=O) groups is 2. The number of pyridine rings is 1. The smallest absolute Gasteiger partial charge is 0.322 e. The van der Waals surface area contributed by atoms with Crippen molar-refractivity contribution in [1.82, 2.24) is 19.8 Å². The lowest BCUT2D eigenvalue weighted by Gasteiger charge is -2.27. The number of hydrogen-bond acceptors (Lipinski definition) is 5. The van der Waals surface area contributed by atoms with Crippen molar-refractivity contribution in [3.63, 3.8) is 0 Å². The third kappa shape index (κ3) is 5.00. The fraction of sp³-hybridized carbons (Fsp3) is 0.323. The lowest BCUT2D eigenvalue weighted by molar-refractivity contribution is 0.0564. The molecule has 9 nitrogen and oxygen atoms in total. The Morgan fingerprint density at radius 1 is 1.02 bits per heavy atom. The molecule has 2 aromatic heterocycles. The minimum Gasteiger partial charge on any atom is -0.496 e. The van der Waals surface area contributed by atoms with Crippen molar-refractivity contribution in [2.75, 3.05) is 51.8 Å². The standard InChI is InChI=1S/C31H33N5O4/c1-20-9-10-36(19-20)30(37)25-15-21(7-8-27(25)34-31(38)35-11-13-40-14-12-35)22-16-24-26(18-33-29(24)32-17-22)23-5-3-4-6-28(23)39-2/h3-8,15-18,20H,9-14,19H2,1-2H3,(H,32,33)(H,34,38). The lowest BCUT2D eigenvalue weighted by Crippen LogP contribution is -2.43. The third-order valence-electron chi connectivity index (χ3n) is 7.76. The van der Waals surface area contributed by atoms with Gasteiger partial charge in [0.2, 0.25) is 0 Å². The molecule has 1 atom stereocenters. The van der Waals surface area contributed by atoms with E-state index < -0.39 is 0 Å². The molecule has 4 heterocycles.